The number of aliphatic hydroxyl groups is 1. The first kappa shape index (κ1) is 36.3. The van der Waals surface area contributed by atoms with Crippen molar-refractivity contribution in [2.75, 3.05) is 13.2 Å². The minimum absolute atomic E-state index is 0.118. The number of ether oxygens (including phenoxy) is 2. The van der Waals surface area contributed by atoms with E-state index in [1.165, 1.54) is 4.90 Å². The van der Waals surface area contributed by atoms with E-state index in [9.17, 15) is 24.3 Å². The molecule has 3 fully saturated rings. The number of amides is 3. The van der Waals surface area contributed by atoms with Crippen LogP contribution in [0.4, 0.5) is 0 Å². The van der Waals surface area contributed by atoms with Crippen molar-refractivity contribution in [1.82, 2.24) is 15.1 Å². The maximum Gasteiger partial charge on any atom is 0.313 e. The lowest BCUT2D eigenvalue weighted by Gasteiger charge is -2.44. The van der Waals surface area contributed by atoms with E-state index in [0.29, 0.717) is 31.2 Å². The zero-order valence-electron chi connectivity index (χ0n) is 28.8. The number of benzene rings is 1. The average molecular weight is 652 g/mol. The lowest BCUT2D eigenvalue weighted by Crippen LogP contribution is -2.62. The molecule has 0 saturated carbocycles. The van der Waals surface area contributed by atoms with E-state index in [0.717, 1.165) is 0 Å². The van der Waals surface area contributed by atoms with Crippen LogP contribution in [0.3, 0.4) is 0 Å². The van der Waals surface area contributed by atoms with Crippen LogP contribution in [0.5, 0.6) is 0 Å². The number of esters is 1. The summed E-state index contributed by atoms with van der Waals surface area (Å²) in [4.78, 5) is 59.5. The molecule has 0 aromatic heterocycles. The summed E-state index contributed by atoms with van der Waals surface area (Å²) in [6, 6.07) is 6.95. The molecule has 3 aliphatic heterocycles. The Bertz CT molecular complexity index is 1330. The van der Waals surface area contributed by atoms with Crippen molar-refractivity contribution >= 4 is 23.7 Å². The Hall–Kier alpha value is -3.50. The highest BCUT2D eigenvalue weighted by Gasteiger charge is 2.76. The Labute approximate surface area is 279 Å². The number of aliphatic hydroxyl groups excluding tert-OH is 1. The van der Waals surface area contributed by atoms with Gasteiger partial charge in [-0.25, -0.2) is 0 Å². The number of hydrogen-bond donors (Lipinski definition) is 2. The fourth-order valence-corrected chi connectivity index (χ4v) is 7.72. The summed E-state index contributed by atoms with van der Waals surface area (Å²) in [5, 5.41) is 13.6. The van der Waals surface area contributed by atoms with Gasteiger partial charge in [0.2, 0.25) is 17.7 Å². The van der Waals surface area contributed by atoms with Crippen LogP contribution >= 0.6 is 0 Å². The summed E-state index contributed by atoms with van der Waals surface area (Å²) in [7, 11) is 0. The summed E-state index contributed by atoms with van der Waals surface area (Å²) >= 11 is 0. The molecule has 2 bridgehead atoms. The number of likely N-dealkylation sites (tertiary alicyclic amines) is 1. The van der Waals surface area contributed by atoms with Crippen molar-refractivity contribution in [3.05, 3.63) is 61.2 Å². The van der Waals surface area contributed by atoms with E-state index in [1.54, 1.807) is 24.0 Å². The largest absolute Gasteiger partial charge is 0.455 e. The molecule has 10 nitrogen and oxygen atoms in total. The Kier molecular flexibility index (Phi) is 11.4. The van der Waals surface area contributed by atoms with Crippen LogP contribution in [0.2, 0.25) is 0 Å². The quantitative estimate of drug-likeness (QED) is 0.214. The molecule has 4 rings (SSSR count). The minimum atomic E-state index is -1.25. The van der Waals surface area contributed by atoms with Crippen molar-refractivity contribution in [1.29, 1.82) is 0 Å². The van der Waals surface area contributed by atoms with Gasteiger partial charge in [-0.1, -0.05) is 62.8 Å². The van der Waals surface area contributed by atoms with Gasteiger partial charge < -0.3 is 29.7 Å². The number of hydrogen-bond acceptors (Lipinski definition) is 7. The number of carbonyl (C=O) groups is 4. The molecule has 258 valence electrons. The van der Waals surface area contributed by atoms with Gasteiger partial charge in [0.05, 0.1) is 36.6 Å². The first-order chi connectivity index (χ1) is 22.3. The van der Waals surface area contributed by atoms with Gasteiger partial charge in [0.25, 0.3) is 0 Å². The van der Waals surface area contributed by atoms with Gasteiger partial charge in [-0.15, -0.1) is 13.2 Å². The molecule has 3 amide bonds. The van der Waals surface area contributed by atoms with Crippen LogP contribution in [0.25, 0.3) is 0 Å². The molecular weight excluding hydrogens is 598 g/mol. The maximum atomic E-state index is 14.7. The lowest BCUT2D eigenvalue weighted by atomic mass is 9.70. The first-order valence-electron chi connectivity index (χ1n) is 17.0. The molecule has 3 saturated heterocycles. The molecule has 0 unspecified atom stereocenters. The maximum absolute atomic E-state index is 14.7. The molecule has 1 aromatic rings. The molecule has 0 radical (unpaired) electrons. The van der Waals surface area contributed by atoms with E-state index in [-0.39, 0.29) is 43.2 Å². The van der Waals surface area contributed by atoms with Crippen LogP contribution < -0.4 is 5.32 Å². The summed E-state index contributed by atoms with van der Waals surface area (Å²) in [6.45, 7) is 19.0. The van der Waals surface area contributed by atoms with Crippen LogP contribution in [0.15, 0.2) is 55.6 Å². The van der Waals surface area contributed by atoms with Gasteiger partial charge in [0.15, 0.2) is 0 Å². The van der Waals surface area contributed by atoms with Gasteiger partial charge in [0, 0.05) is 18.5 Å². The molecule has 10 heteroatoms. The third-order valence-electron chi connectivity index (χ3n) is 10.3. The predicted molar refractivity (Wildman–Crippen MR) is 179 cm³/mol. The van der Waals surface area contributed by atoms with E-state index in [1.807, 2.05) is 65.0 Å². The van der Waals surface area contributed by atoms with Crippen molar-refractivity contribution in [2.45, 2.75) is 115 Å². The SMILES string of the molecule is C=CCCC(=O)N[C@@H](C)[C@H](OC(=O)[C@@H]1[C@H]2C(=O)N([C@@H](CO)[C@@H](C)CC)[C@H](C(=O)N(CC=C)C(C)(C)C)[C@]23CC[C@H]1O3)c1ccccc1. The van der Waals surface area contributed by atoms with Crippen LogP contribution in [0, 0.1) is 17.8 Å². The van der Waals surface area contributed by atoms with Gasteiger partial charge >= 0.3 is 5.97 Å². The first-order valence-corrected chi connectivity index (χ1v) is 17.0. The van der Waals surface area contributed by atoms with Crippen molar-refractivity contribution in [3.8, 4) is 0 Å². The molecule has 0 aliphatic carbocycles. The number of carbonyl (C=O) groups excluding carboxylic acids is 4. The van der Waals surface area contributed by atoms with E-state index >= 15 is 0 Å². The minimum Gasteiger partial charge on any atom is -0.455 e. The molecule has 3 aliphatic rings. The van der Waals surface area contributed by atoms with E-state index in [2.05, 4.69) is 18.5 Å². The summed E-state index contributed by atoms with van der Waals surface area (Å²) in [5.41, 5.74) is -1.14. The molecule has 2 N–H and O–H groups in total. The second-order valence-corrected chi connectivity index (χ2v) is 14.3. The van der Waals surface area contributed by atoms with Gasteiger partial charge in [0.1, 0.15) is 17.7 Å². The monoisotopic (exact) mass is 651 g/mol. The molecule has 1 spiro atoms. The molecule has 47 heavy (non-hydrogen) atoms. The fourth-order valence-electron chi connectivity index (χ4n) is 7.72. The van der Waals surface area contributed by atoms with Crippen molar-refractivity contribution in [2.24, 2.45) is 17.8 Å². The third-order valence-corrected chi connectivity index (χ3v) is 10.3. The zero-order chi connectivity index (χ0) is 34.7. The summed E-state index contributed by atoms with van der Waals surface area (Å²) < 4.78 is 12.9. The number of fused-ring (bicyclic) bond motifs is 1. The van der Waals surface area contributed by atoms with Crippen LogP contribution in [0.1, 0.15) is 85.3 Å². The standard InChI is InChI=1S/C37H53N3O7/c1-9-12-18-28(42)38-24(5)31(25-16-14-13-15-17-25)46-35(45)29-27-19-20-37(47-27)30(29)33(43)40(26(22-41)23(4)11-3)32(37)34(44)39(21-10-2)36(6,7)8/h9-10,13-17,23-24,26-27,29-32,41H,1-2,11-12,18-22H2,3-8H3,(H,38,42)/t23-,24-,26-,27+,29-,30-,31-,32+,37-/m0/s1. The molecule has 3 heterocycles. The lowest BCUT2D eigenvalue weighted by molar-refractivity contribution is -0.163. The topological polar surface area (TPSA) is 125 Å². The second-order valence-electron chi connectivity index (χ2n) is 14.3. The Morgan fingerprint density at radius 2 is 1.87 bits per heavy atom. The highest BCUT2D eigenvalue weighted by atomic mass is 16.6. The highest BCUT2D eigenvalue weighted by Crippen LogP contribution is 2.59. The average Bonchev–Trinajstić information content (AvgIpc) is 3.68. The molecular formula is C37H53N3O7. The van der Waals surface area contributed by atoms with Crippen molar-refractivity contribution in [3.63, 3.8) is 0 Å². The molecule has 1 aromatic carbocycles. The molecule has 9 atom stereocenters. The number of rotatable bonds is 15. The van der Waals surface area contributed by atoms with Crippen LogP contribution in [-0.2, 0) is 28.7 Å². The number of nitrogens with one attached hydrogen (secondary N) is 1. The fraction of sp³-hybridized carbons (Fsp3) is 0.622. The smallest absolute Gasteiger partial charge is 0.313 e. The summed E-state index contributed by atoms with van der Waals surface area (Å²) in [5.74, 6) is -3.49. The normalized spacial score (nSPS) is 27.4. The Morgan fingerprint density at radius 1 is 1.19 bits per heavy atom. The van der Waals surface area contributed by atoms with Gasteiger partial charge in [-0.3, -0.25) is 19.2 Å². The predicted octanol–water partition coefficient (Wildman–Crippen LogP) is 4.34. The second kappa shape index (κ2) is 14.7. The van der Waals surface area contributed by atoms with E-state index in [4.69, 9.17) is 9.47 Å². The number of nitrogens with zero attached hydrogens (tertiary/aromatic N) is 2. The van der Waals surface area contributed by atoms with Gasteiger partial charge in [-0.2, -0.15) is 0 Å². The van der Waals surface area contributed by atoms with Gasteiger partial charge in [-0.05, 0) is 58.4 Å². The highest BCUT2D eigenvalue weighted by molar-refractivity contribution is 5.98. The third kappa shape index (κ3) is 6.90. The van der Waals surface area contributed by atoms with Crippen LogP contribution in [-0.4, -0.2) is 87.1 Å². The summed E-state index contributed by atoms with van der Waals surface area (Å²) in [6.07, 6.45) is 4.24. The zero-order valence-corrected chi connectivity index (χ0v) is 28.8. The van der Waals surface area contributed by atoms with Crippen molar-refractivity contribution < 1.29 is 33.8 Å². The number of allylic oxidation sites excluding steroid dienone is 1. The van der Waals surface area contributed by atoms with E-state index < -0.39 is 59.3 Å². The Balaban J connectivity index is 1.73. The Morgan fingerprint density at radius 3 is 2.45 bits per heavy atom.